The molecular formula is C84H163NO5. The Morgan fingerprint density at radius 2 is 0.522 bits per heavy atom. The van der Waals surface area contributed by atoms with Crippen molar-refractivity contribution in [2.45, 2.75) is 488 Å². The minimum absolute atomic E-state index is 0.0155. The van der Waals surface area contributed by atoms with Crippen molar-refractivity contribution in [3.05, 3.63) is 24.3 Å². The molecule has 0 aliphatic carbocycles. The third-order valence-corrected chi connectivity index (χ3v) is 19.7. The minimum atomic E-state index is -0.665. The zero-order valence-electron chi connectivity index (χ0n) is 61.4. The van der Waals surface area contributed by atoms with E-state index in [-0.39, 0.29) is 18.5 Å². The van der Waals surface area contributed by atoms with Gasteiger partial charge in [0.05, 0.1) is 25.4 Å². The summed E-state index contributed by atoms with van der Waals surface area (Å²) in [4.78, 5) is 24.7. The first kappa shape index (κ1) is 88.3. The second-order valence-corrected chi connectivity index (χ2v) is 28.8. The fourth-order valence-corrected chi connectivity index (χ4v) is 13.4. The number of aliphatic hydroxyl groups is 2. The molecular weight excluding hydrogens is 1100 g/mol. The lowest BCUT2D eigenvalue weighted by Crippen LogP contribution is -2.45. The van der Waals surface area contributed by atoms with E-state index in [9.17, 15) is 19.8 Å². The molecule has 0 radical (unpaired) electrons. The van der Waals surface area contributed by atoms with E-state index in [1.807, 2.05) is 0 Å². The molecule has 0 aliphatic heterocycles. The molecule has 2 unspecified atom stereocenters. The third-order valence-electron chi connectivity index (χ3n) is 19.7. The van der Waals surface area contributed by atoms with Crippen LogP contribution < -0.4 is 5.32 Å². The summed E-state index contributed by atoms with van der Waals surface area (Å²) >= 11 is 0. The van der Waals surface area contributed by atoms with Gasteiger partial charge in [-0.3, -0.25) is 9.59 Å². The van der Waals surface area contributed by atoms with Gasteiger partial charge in [0, 0.05) is 12.8 Å². The Balaban J connectivity index is 3.36. The summed E-state index contributed by atoms with van der Waals surface area (Å²) in [6.45, 7) is 5.01. The van der Waals surface area contributed by atoms with Crippen molar-refractivity contribution >= 4 is 11.9 Å². The van der Waals surface area contributed by atoms with Crippen molar-refractivity contribution < 1.29 is 24.5 Å². The molecule has 0 aromatic carbocycles. The van der Waals surface area contributed by atoms with Crippen molar-refractivity contribution in [2.24, 2.45) is 0 Å². The maximum absolute atomic E-state index is 12.6. The molecule has 6 nitrogen and oxygen atoms in total. The van der Waals surface area contributed by atoms with Gasteiger partial charge in [-0.2, -0.15) is 0 Å². The van der Waals surface area contributed by atoms with Gasteiger partial charge in [-0.1, -0.05) is 411 Å². The van der Waals surface area contributed by atoms with Crippen LogP contribution in [0.4, 0.5) is 0 Å². The van der Waals surface area contributed by atoms with Gasteiger partial charge in [0.25, 0.3) is 0 Å². The van der Waals surface area contributed by atoms with Crippen LogP contribution in [0.25, 0.3) is 0 Å². The van der Waals surface area contributed by atoms with Gasteiger partial charge in [0.2, 0.25) is 5.91 Å². The Labute approximate surface area is 564 Å². The van der Waals surface area contributed by atoms with E-state index in [0.717, 1.165) is 44.9 Å². The second kappa shape index (κ2) is 79.8. The second-order valence-electron chi connectivity index (χ2n) is 28.8. The molecule has 2 atom stereocenters. The molecule has 0 heterocycles. The Bertz CT molecular complexity index is 1410. The third kappa shape index (κ3) is 75.4. The number of hydrogen-bond acceptors (Lipinski definition) is 5. The van der Waals surface area contributed by atoms with Crippen molar-refractivity contribution in [1.82, 2.24) is 5.32 Å². The molecule has 3 N–H and O–H groups in total. The average Bonchev–Trinajstić information content (AvgIpc) is 3.60. The van der Waals surface area contributed by atoms with Gasteiger partial charge in [-0.25, -0.2) is 0 Å². The zero-order valence-corrected chi connectivity index (χ0v) is 61.4. The van der Waals surface area contributed by atoms with Gasteiger partial charge < -0.3 is 20.3 Å². The van der Waals surface area contributed by atoms with Crippen LogP contribution in [0.3, 0.4) is 0 Å². The van der Waals surface area contributed by atoms with Crippen LogP contribution in [-0.4, -0.2) is 47.4 Å². The number of ether oxygens (including phenoxy) is 1. The van der Waals surface area contributed by atoms with E-state index in [1.54, 1.807) is 0 Å². The summed E-state index contributed by atoms with van der Waals surface area (Å²) in [6, 6.07) is -0.542. The quantitative estimate of drug-likeness (QED) is 0.0320. The molecule has 0 saturated carbocycles. The molecule has 0 aromatic rings. The molecule has 6 heteroatoms. The summed E-state index contributed by atoms with van der Waals surface area (Å²) in [5.41, 5.74) is 0. The van der Waals surface area contributed by atoms with E-state index < -0.39 is 12.1 Å². The van der Waals surface area contributed by atoms with E-state index in [2.05, 4.69) is 43.5 Å². The molecule has 0 rings (SSSR count). The van der Waals surface area contributed by atoms with Gasteiger partial charge in [-0.15, -0.1) is 0 Å². The number of aliphatic hydroxyl groups excluding tert-OH is 2. The Kier molecular flexibility index (Phi) is 78.3. The highest BCUT2D eigenvalue weighted by Gasteiger charge is 2.20. The summed E-state index contributed by atoms with van der Waals surface area (Å²) in [7, 11) is 0. The molecule has 0 fully saturated rings. The average molecular weight is 1270 g/mol. The molecule has 1 amide bonds. The monoisotopic (exact) mass is 1270 g/mol. The fraction of sp³-hybridized carbons (Fsp3) is 0.929. The van der Waals surface area contributed by atoms with Crippen LogP contribution in [-0.2, 0) is 14.3 Å². The lowest BCUT2D eigenvalue weighted by molar-refractivity contribution is -0.143. The van der Waals surface area contributed by atoms with Gasteiger partial charge in [0.15, 0.2) is 0 Å². The smallest absolute Gasteiger partial charge is 0.305 e. The van der Waals surface area contributed by atoms with Gasteiger partial charge in [-0.05, 0) is 77.0 Å². The van der Waals surface area contributed by atoms with Crippen molar-refractivity contribution in [2.75, 3.05) is 13.2 Å². The van der Waals surface area contributed by atoms with Gasteiger partial charge >= 0.3 is 5.97 Å². The molecule has 0 aliphatic rings. The molecule has 0 saturated heterocycles. The lowest BCUT2D eigenvalue weighted by atomic mass is 10.0. The van der Waals surface area contributed by atoms with Crippen LogP contribution in [0.15, 0.2) is 24.3 Å². The first-order valence-corrected chi connectivity index (χ1v) is 41.6. The maximum atomic E-state index is 12.6. The predicted octanol–water partition coefficient (Wildman–Crippen LogP) is 27.6. The SMILES string of the molecule is CCCCCCCCC/C=C\CCCCCCCCCC(=O)OCCCCCCCCCCCCCC/C=C\CCCCCCCCCCCCCCCCC(=O)NC(CO)C(O)CCCCCCCCCCCCCCCCCCCCCCCCCCC. The highest BCUT2D eigenvalue weighted by atomic mass is 16.5. The summed E-state index contributed by atoms with van der Waals surface area (Å²) < 4.78 is 5.51. The molecule has 90 heavy (non-hydrogen) atoms. The first-order valence-electron chi connectivity index (χ1n) is 41.6. The standard InChI is InChI=1S/C84H163NO5/c1-3-5-7-9-11-13-15-17-19-21-23-24-25-32-35-38-41-44-48-52-56-60-64-68-72-76-82(87)81(80-86)85-83(88)77-73-69-65-61-57-53-49-45-42-39-36-33-30-28-26-27-29-31-34-37-40-43-47-51-55-59-63-67-71-75-79-90-84(89)78-74-70-66-62-58-54-50-46-22-20-18-16-14-12-10-8-6-4-2/h20,22,27,29,81-82,86-87H,3-19,21,23-26,28,30-80H2,1-2H3,(H,85,88)/b22-20-,29-27-. The highest BCUT2D eigenvalue weighted by molar-refractivity contribution is 5.76. The molecule has 0 aromatic heterocycles. The van der Waals surface area contributed by atoms with E-state index >= 15 is 0 Å². The number of nitrogens with one attached hydrogen (secondary N) is 1. The number of unbranched alkanes of at least 4 members (excludes halogenated alkanes) is 64. The largest absolute Gasteiger partial charge is 0.466 e. The van der Waals surface area contributed by atoms with Crippen molar-refractivity contribution in [3.63, 3.8) is 0 Å². The Morgan fingerprint density at radius 1 is 0.300 bits per heavy atom. The summed E-state index contributed by atoms with van der Waals surface area (Å²) in [5.74, 6) is -0.0119. The Hall–Kier alpha value is -1.66. The van der Waals surface area contributed by atoms with E-state index in [4.69, 9.17) is 4.74 Å². The number of esters is 1. The molecule has 0 spiro atoms. The van der Waals surface area contributed by atoms with Crippen LogP contribution in [0.1, 0.15) is 476 Å². The highest BCUT2D eigenvalue weighted by Crippen LogP contribution is 2.20. The molecule has 534 valence electrons. The van der Waals surface area contributed by atoms with Gasteiger partial charge in [0.1, 0.15) is 0 Å². The van der Waals surface area contributed by atoms with Crippen LogP contribution in [0.5, 0.6) is 0 Å². The number of hydrogen-bond donors (Lipinski definition) is 3. The number of rotatable bonds is 79. The summed E-state index contributed by atoms with van der Waals surface area (Å²) in [6.07, 6.45) is 103. The van der Waals surface area contributed by atoms with E-state index in [0.29, 0.717) is 25.9 Å². The summed E-state index contributed by atoms with van der Waals surface area (Å²) in [5, 5.41) is 23.5. The van der Waals surface area contributed by atoms with E-state index in [1.165, 1.54) is 398 Å². The topological polar surface area (TPSA) is 95.9 Å². The van der Waals surface area contributed by atoms with Crippen molar-refractivity contribution in [3.8, 4) is 0 Å². The van der Waals surface area contributed by atoms with Crippen molar-refractivity contribution in [1.29, 1.82) is 0 Å². The van der Waals surface area contributed by atoms with Crippen LogP contribution in [0.2, 0.25) is 0 Å². The number of amides is 1. The number of carbonyl (C=O) groups is 2. The normalized spacial score (nSPS) is 12.5. The number of carbonyl (C=O) groups excluding carboxylic acids is 2. The maximum Gasteiger partial charge on any atom is 0.305 e. The lowest BCUT2D eigenvalue weighted by Gasteiger charge is -2.22. The first-order chi connectivity index (χ1) is 44.5. The zero-order chi connectivity index (χ0) is 64.9. The Morgan fingerprint density at radius 3 is 0.789 bits per heavy atom. The number of allylic oxidation sites excluding steroid dienone is 4. The van der Waals surface area contributed by atoms with Crippen LogP contribution in [0, 0.1) is 0 Å². The predicted molar refractivity (Wildman–Crippen MR) is 398 cm³/mol. The molecule has 0 bridgehead atoms. The minimum Gasteiger partial charge on any atom is -0.466 e. The van der Waals surface area contributed by atoms with Crippen LogP contribution >= 0.6 is 0 Å². The fourth-order valence-electron chi connectivity index (χ4n) is 13.4.